The van der Waals surface area contributed by atoms with E-state index in [4.69, 9.17) is 9.47 Å². The average Bonchev–Trinajstić information content (AvgIpc) is 2.41. The van der Waals surface area contributed by atoms with Crippen molar-refractivity contribution in [3.63, 3.8) is 0 Å². The molecule has 0 aliphatic rings. The largest absolute Gasteiger partial charge is 0.497 e. The molecule has 0 aliphatic heterocycles. The van der Waals surface area contributed by atoms with Crippen molar-refractivity contribution in [3.8, 4) is 11.5 Å². The first-order chi connectivity index (χ1) is 7.86. The van der Waals surface area contributed by atoms with Crippen molar-refractivity contribution in [2.24, 2.45) is 0 Å². The minimum Gasteiger partial charge on any atom is -0.497 e. The zero-order valence-corrected chi connectivity index (χ0v) is 14.5. The number of rotatable bonds is 2. The van der Waals surface area contributed by atoms with Gasteiger partial charge >= 0.3 is 0 Å². The second-order valence-electron chi connectivity index (χ2n) is 3.03. The van der Waals surface area contributed by atoms with Gasteiger partial charge in [0.1, 0.15) is 11.5 Å². The summed E-state index contributed by atoms with van der Waals surface area (Å²) in [7, 11) is 3.32. The van der Waals surface area contributed by atoms with Gasteiger partial charge in [0.2, 0.25) is 0 Å². The highest BCUT2D eigenvalue weighted by atomic mass is 35.5. The molecule has 0 fully saturated rings. The standard InChI is InChI=1S/2C7H8O.4ClH/c2*1-8-7-5-3-2-4-6-7;;;;/h2*2-6H,1H3;4*1H. The molecule has 0 atom stereocenters. The first-order valence-electron chi connectivity index (χ1n) is 5.05. The molecule has 0 saturated heterocycles. The number of halogens is 4. The molecule has 116 valence electrons. The molecular formula is C14H20Cl4O2. The van der Waals surface area contributed by atoms with Crippen LogP contribution in [0.1, 0.15) is 0 Å². The molecule has 0 aromatic heterocycles. The third-order valence-corrected chi connectivity index (χ3v) is 1.96. The fourth-order valence-electron chi connectivity index (χ4n) is 1.11. The van der Waals surface area contributed by atoms with Crippen molar-refractivity contribution in [2.75, 3.05) is 14.2 Å². The SMILES string of the molecule is COc1ccccc1.COc1ccccc1.Cl.Cl.Cl.Cl. The van der Waals surface area contributed by atoms with Crippen LogP contribution in [0.25, 0.3) is 0 Å². The molecule has 0 aliphatic carbocycles. The molecule has 6 heteroatoms. The lowest BCUT2D eigenvalue weighted by Gasteiger charge is -1.93. The first kappa shape index (κ1) is 27.5. The fraction of sp³-hybridized carbons (Fsp3) is 0.143. The van der Waals surface area contributed by atoms with Crippen molar-refractivity contribution < 1.29 is 9.47 Å². The quantitative estimate of drug-likeness (QED) is 0.742. The number of methoxy groups -OCH3 is 2. The summed E-state index contributed by atoms with van der Waals surface area (Å²) in [4.78, 5) is 0. The van der Waals surface area contributed by atoms with Gasteiger partial charge in [-0.3, -0.25) is 0 Å². The highest BCUT2D eigenvalue weighted by molar-refractivity contribution is 5.86. The van der Waals surface area contributed by atoms with E-state index >= 15 is 0 Å². The van der Waals surface area contributed by atoms with E-state index in [2.05, 4.69) is 0 Å². The van der Waals surface area contributed by atoms with Crippen molar-refractivity contribution in [1.82, 2.24) is 0 Å². The molecular weight excluding hydrogens is 342 g/mol. The number of benzene rings is 2. The second-order valence-corrected chi connectivity index (χ2v) is 3.03. The molecule has 0 amide bonds. The first-order valence-corrected chi connectivity index (χ1v) is 5.05. The zero-order valence-electron chi connectivity index (χ0n) is 11.2. The number of hydrogen-bond acceptors (Lipinski definition) is 2. The summed E-state index contributed by atoms with van der Waals surface area (Å²) in [6, 6.07) is 19.4. The van der Waals surface area contributed by atoms with Gasteiger partial charge in [0, 0.05) is 0 Å². The maximum Gasteiger partial charge on any atom is 0.118 e. The lowest BCUT2D eigenvalue weighted by Crippen LogP contribution is -1.78. The Hall–Kier alpha value is -0.800. The average molecular weight is 362 g/mol. The lowest BCUT2D eigenvalue weighted by atomic mass is 10.3. The third kappa shape index (κ3) is 12.2. The highest BCUT2D eigenvalue weighted by Gasteiger charge is 1.80. The van der Waals surface area contributed by atoms with Crippen LogP contribution in [0.5, 0.6) is 11.5 Å². The van der Waals surface area contributed by atoms with Gasteiger partial charge in [-0.05, 0) is 24.3 Å². The van der Waals surface area contributed by atoms with E-state index in [1.807, 2.05) is 60.7 Å². The van der Waals surface area contributed by atoms with Gasteiger partial charge in [-0.15, -0.1) is 49.6 Å². The van der Waals surface area contributed by atoms with E-state index in [0.717, 1.165) is 11.5 Å². The van der Waals surface area contributed by atoms with Crippen LogP contribution in [0.4, 0.5) is 0 Å². The zero-order chi connectivity index (χ0) is 11.6. The van der Waals surface area contributed by atoms with Crippen LogP contribution in [0.2, 0.25) is 0 Å². The monoisotopic (exact) mass is 360 g/mol. The Labute approximate surface area is 145 Å². The molecule has 2 aromatic rings. The molecule has 0 unspecified atom stereocenters. The van der Waals surface area contributed by atoms with Crippen molar-refractivity contribution in [3.05, 3.63) is 60.7 Å². The summed E-state index contributed by atoms with van der Waals surface area (Å²) in [5, 5.41) is 0. The summed E-state index contributed by atoms with van der Waals surface area (Å²) >= 11 is 0. The summed E-state index contributed by atoms with van der Waals surface area (Å²) in [5.74, 6) is 1.82. The summed E-state index contributed by atoms with van der Waals surface area (Å²) in [6.07, 6.45) is 0. The van der Waals surface area contributed by atoms with E-state index in [1.54, 1.807) is 14.2 Å². The van der Waals surface area contributed by atoms with E-state index < -0.39 is 0 Å². The van der Waals surface area contributed by atoms with Crippen LogP contribution in [0.3, 0.4) is 0 Å². The Morgan fingerprint density at radius 3 is 0.900 bits per heavy atom. The van der Waals surface area contributed by atoms with Crippen molar-refractivity contribution in [2.45, 2.75) is 0 Å². The third-order valence-electron chi connectivity index (χ3n) is 1.96. The van der Waals surface area contributed by atoms with Crippen molar-refractivity contribution >= 4 is 49.6 Å². The molecule has 0 saturated carbocycles. The topological polar surface area (TPSA) is 18.5 Å². The number of para-hydroxylation sites is 2. The van der Waals surface area contributed by atoms with E-state index in [9.17, 15) is 0 Å². The van der Waals surface area contributed by atoms with Crippen LogP contribution in [-0.2, 0) is 0 Å². The Kier molecular flexibility index (Phi) is 25.0. The Balaban J connectivity index is -0.000000107. The molecule has 2 aromatic carbocycles. The Bertz CT molecular complexity index is 345. The Morgan fingerprint density at radius 2 is 0.750 bits per heavy atom. The molecule has 20 heavy (non-hydrogen) atoms. The number of ether oxygens (including phenoxy) is 2. The predicted octanol–water partition coefficient (Wildman–Crippen LogP) is 5.08. The van der Waals surface area contributed by atoms with Gasteiger partial charge in [0.25, 0.3) is 0 Å². The molecule has 0 spiro atoms. The Morgan fingerprint density at radius 1 is 0.500 bits per heavy atom. The van der Waals surface area contributed by atoms with Gasteiger partial charge in [-0.2, -0.15) is 0 Å². The minimum atomic E-state index is 0. The fourth-order valence-corrected chi connectivity index (χ4v) is 1.11. The lowest BCUT2D eigenvalue weighted by molar-refractivity contribution is 0.414. The van der Waals surface area contributed by atoms with Gasteiger partial charge in [-0.25, -0.2) is 0 Å². The minimum absolute atomic E-state index is 0. The van der Waals surface area contributed by atoms with Crippen LogP contribution >= 0.6 is 49.6 Å². The van der Waals surface area contributed by atoms with E-state index in [1.165, 1.54) is 0 Å². The number of hydrogen-bond donors (Lipinski definition) is 0. The molecule has 0 bridgehead atoms. The van der Waals surface area contributed by atoms with Crippen LogP contribution in [-0.4, -0.2) is 14.2 Å². The normalized spacial score (nSPS) is 6.90. The molecule has 0 N–H and O–H groups in total. The summed E-state index contributed by atoms with van der Waals surface area (Å²) in [5.41, 5.74) is 0. The van der Waals surface area contributed by atoms with Gasteiger partial charge in [0.05, 0.1) is 14.2 Å². The van der Waals surface area contributed by atoms with Crippen LogP contribution in [0, 0.1) is 0 Å². The van der Waals surface area contributed by atoms with Crippen LogP contribution in [0.15, 0.2) is 60.7 Å². The van der Waals surface area contributed by atoms with Gasteiger partial charge in [0.15, 0.2) is 0 Å². The highest BCUT2D eigenvalue weighted by Crippen LogP contribution is 2.06. The second kappa shape index (κ2) is 18.2. The maximum atomic E-state index is 4.91. The molecule has 0 heterocycles. The molecule has 0 radical (unpaired) electrons. The van der Waals surface area contributed by atoms with Gasteiger partial charge in [-0.1, -0.05) is 36.4 Å². The molecule has 2 nitrogen and oxygen atoms in total. The van der Waals surface area contributed by atoms with E-state index in [0.29, 0.717) is 0 Å². The molecule has 2 rings (SSSR count). The maximum absolute atomic E-state index is 4.91. The smallest absolute Gasteiger partial charge is 0.118 e. The van der Waals surface area contributed by atoms with Gasteiger partial charge < -0.3 is 9.47 Å². The van der Waals surface area contributed by atoms with Crippen LogP contribution < -0.4 is 9.47 Å². The summed E-state index contributed by atoms with van der Waals surface area (Å²) in [6.45, 7) is 0. The predicted molar refractivity (Wildman–Crippen MR) is 95.0 cm³/mol. The van der Waals surface area contributed by atoms with E-state index in [-0.39, 0.29) is 49.6 Å². The van der Waals surface area contributed by atoms with Crippen molar-refractivity contribution in [1.29, 1.82) is 0 Å². The summed E-state index contributed by atoms with van der Waals surface area (Å²) < 4.78 is 9.83.